The number of carbonyl (C=O) groups is 2. The van der Waals surface area contributed by atoms with Crippen molar-refractivity contribution in [2.24, 2.45) is 11.7 Å². The first-order chi connectivity index (χ1) is 9.04. The Kier molecular flexibility index (Phi) is 6.67. The molecule has 1 saturated carbocycles. The molecule has 0 unspecified atom stereocenters. The Morgan fingerprint density at radius 1 is 1.21 bits per heavy atom. The second-order valence-electron chi connectivity index (χ2n) is 5.57. The van der Waals surface area contributed by atoms with Crippen LogP contribution in [0.5, 0.6) is 0 Å². The maximum absolute atomic E-state index is 12.3. The minimum Gasteiger partial charge on any atom is -0.352 e. The molecule has 1 aliphatic carbocycles. The molecule has 2 atom stereocenters. The second kappa shape index (κ2) is 8.02. The van der Waals surface area contributed by atoms with E-state index in [1.807, 2.05) is 13.8 Å². The predicted molar refractivity (Wildman–Crippen MR) is 75.6 cm³/mol. The van der Waals surface area contributed by atoms with Gasteiger partial charge in [0, 0.05) is 6.04 Å². The van der Waals surface area contributed by atoms with E-state index in [4.69, 9.17) is 5.73 Å². The number of urea groups is 1. The molecule has 0 aliphatic heterocycles. The number of primary amides is 1. The van der Waals surface area contributed by atoms with E-state index in [1.54, 1.807) is 0 Å². The molecule has 4 N–H and O–H groups in total. The van der Waals surface area contributed by atoms with Gasteiger partial charge in [-0.15, -0.1) is 0 Å². The molecule has 19 heavy (non-hydrogen) atoms. The molecule has 5 nitrogen and oxygen atoms in total. The van der Waals surface area contributed by atoms with Gasteiger partial charge in [0.05, 0.1) is 0 Å². The van der Waals surface area contributed by atoms with E-state index in [9.17, 15) is 9.59 Å². The predicted octanol–water partition coefficient (Wildman–Crippen LogP) is 1.91. The summed E-state index contributed by atoms with van der Waals surface area (Å²) < 4.78 is 0. The van der Waals surface area contributed by atoms with Crippen LogP contribution in [-0.4, -0.2) is 24.0 Å². The number of rotatable bonds is 5. The molecule has 1 rings (SSSR count). The zero-order valence-corrected chi connectivity index (χ0v) is 12.1. The Bertz CT molecular complexity index is 299. The highest BCUT2D eigenvalue weighted by Gasteiger charge is 2.27. The average molecular weight is 269 g/mol. The SMILES string of the molecule is CC[C@H](C)[C@@H](NC(N)=O)C(=O)NC1CCCCCC1. The highest BCUT2D eigenvalue weighted by atomic mass is 16.2. The van der Waals surface area contributed by atoms with Gasteiger partial charge < -0.3 is 16.4 Å². The first-order valence-electron chi connectivity index (χ1n) is 7.41. The van der Waals surface area contributed by atoms with Crippen LogP contribution in [0, 0.1) is 5.92 Å². The van der Waals surface area contributed by atoms with Crippen LogP contribution in [-0.2, 0) is 4.79 Å². The van der Waals surface area contributed by atoms with Crippen LogP contribution in [0.1, 0.15) is 58.8 Å². The minimum absolute atomic E-state index is 0.0817. The number of hydrogen-bond acceptors (Lipinski definition) is 2. The summed E-state index contributed by atoms with van der Waals surface area (Å²) in [5, 5.41) is 5.63. The average Bonchev–Trinajstić information content (AvgIpc) is 2.63. The van der Waals surface area contributed by atoms with E-state index in [0.717, 1.165) is 19.3 Å². The lowest BCUT2D eigenvalue weighted by atomic mass is 9.97. The van der Waals surface area contributed by atoms with E-state index < -0.39 is 12.1 Å². The summed E-state index contributed by atoms with van der Waals surface area (Å²) in [5.74, 6) is -0.0154. The largest absolute Gasteiger partial charge is 0.352 e. The summed E-state index contributed by atoms with van der Waals surface area (Å²) in [7, 11) is 0. The molecule has 0 bridgehead atoms. The summed E-state index contributed by atoms with van der Waals surface area (Å²) in [5.41, 5.74) is 5.15. The van der Waals surface area contributed by atoms with Crippen molar-refractivity contribution in [3.05, 3.63) is 0 Å². The van der Waals surface area contributed by atoms with E-state index in [0.29, 0.717) is 0 Å². The van der Waals surface area contributed by atoms with Gasteiger partial charge >= 0.3 is 6.03 Å². The van der Waals surface area contributed by atoms with Crippen molar-refractivity contribution in [1.29, 1.82) is 0 Å². The monoisotopic (exact) mass is 269 g/mol. The van der Waals surface area contributed by atoms with Crippen molar-refractivity contribution < 1.29 is 9.59 Å². The van der Waals surface area contributed by atoms with Crippen LogP contribution in [0.25, 0.3) is 0 Å². The lowest BCUT2D eigenvalue weighted by Gasteiger charge is -2.25. The molecular weight excluding hydrogens is 242 g/mol. The second-order valence-corrected chi connectivity index (χ2v) is 5.57. The summed E-state index contributed by atoms with van der Waals surface area (Å²) in [6.45, 7) is 3.95. The molecule has 0 heterocycles. The number of amides is 3. The Balaban J connectivity index is 2.56. The molecule has 1 fully saturated rings. The lowest BCUT2D eigenvalue weighted by molar-refractivity contribution is -0.124. The molecule has 0 spiro atoms. The number of hydrogen-bond donors (Lipinski definition) is 3. The maximum atomic E-state index is 12.3. The Morgan fingerprint density at radius 2 is 1.79 bits per heavy atom. The molecule has 5 heteroatoms. The topological polar surface area (TPSA) is 84.2 Å². The lowest BCUT2D eigenvalue weighted by Crippen LogP contribution is -2.53. The summed E-state index contributed by atoms with van der Waals surface area (Å²) in [6.07, 6.45) is 7.74. The zero-order chi connectivity index (χ0) is 14.3. The van der Waals surface area contributed by atoms with Gasteiger partial charge in [0.15, 0.2) is 0 Å². The third-order valence-corrected chi connectivity index (χ3v) is 3.99. The normalized spacial score (nSPS) is 20.1. The van der Waals surface area contributed by atoms with Crippen LogP contribution in [0.15, 0.2) is 0 Å². The molecule has 0 aromatic carbocycles. The van der Waals surface area contributed by atoms with Crippen LogP contribution in [0.4, 0.5) is 4.79 Å². The standard InChI is InChI=1S/C14H27N3O2/c1-3-10(2)12(17-14(15)19)13(18)16-11-8-6-4-5-7-9-11/h10-12H,3-9H2,1-2H3,(H,16,18)(H3,15,17,19)/t10-,12+/m0/s1. The maximum Gasteiger partial charge on any atom is 0.312 e. The van der Waals surface area contributed by atoms with Gasteiger partial charge in [0.2, 0.25) is 5.91 Å². The quantitative estimate of drug-likeness (QED) is 0.666. The van der Waals surface area contributed by atoms with Crippen molar-refractivity contribution in [2.75, 3.05) is 0 Å². The fourth-order valence-electron chi connectivity index (χ4n) is 2.57. The van der Waals surface area contributed by atoms with E-state index >= 15 is 0 Å². The van der Waals surface area contributed by atoms with E-state index in [2.05, 4.69) is 10.6 Å². The third kappa shape index (κ3) is 5.49. The Hall–Kier alpha value is -1.26. The smallest absolute Gasteiger partial charge is 0.312 e. The molecule has 110 valence electrons. The number of carbonyl (C=O) groups excluding carboxylic acids is 2. The van der Waals surface area contributed by atoms with Crippen LogP contribution < -0.4 is 16.4 Å². The molecular formula is C14H27N3O2. The van der Waals surface area contributed by atoms with Crippen LogP contribution >= 0.6 is 0 Å². The zero-order valence-electron chi connectivity index (χ0n) is 12.1. The Morgan fingerprint density at radius 3 is 2.26 bits per heavy atom. The molecule has 0 radical (unpaired) electrons. The van der Waals surface area contributed by atoms with Gasteiger partial charge in [-0.3, -0.25) is 4.79 Å². The molecule has 0 aromatic heterocycles. The fraction of sp³-hybridized carbons (Fsp3) is 0.857. The number of nitrogens with two attached hydrogens (primary N) is 1. The van der Waals surface area contributed by atoms with Crippen LogP contribution in [0.2, 0.25) is 0 Å². The summed E-state index contributed by atoms with van der Waals surface area (Å²) in [4.78, 5) is 23.3. The Labute approximate surface area is 115 Å². The van der Waals surface area contributed by atoms with E-state index in [-0.39, 0.29) is 17.9 Å². The molecule has 0 aromatic rings. The van der Waals surface area contributed by atoms with Crippen molar-refractivity contribution in [3.63, 3.8) is 0 Å². The van der Waals surface area contributed by atoms with Gasteiger partial charge in [-0.2, -0.15) is 0 Å². The van der Waals surface area contributed by atoms with Crippen molar-refractivity contribution >= 4 is 11.9 Å². The van der Waals surface area contributed by atoms with Gasteiger partial charge in [-0.1, -0.05) is 46.0 Å². The highest BCUT2D eigenvalue weighted by molar-refractivity contribution is 5.86. The highest BCUT2D eigenvalue weighted by Crippen LogP contribution is 2.18. The summed E-state index contributed by atoms with van der Waals surface area (Å²) >= 11 is 0. The van der Waals surface area contributed by atoms with Crippen LogP contribution in [0.3, 0.4) is 0 Å². The van der Waals surface area contributed by atoms with Crippen molar-refractivity contribution in [2.45, 2.75) is 70.9 Å². The first-order valence-corrected chi connectivity index (χ1v) is 7.41. The first kappa shape index (κ1) is 15.8. The van der Waals surface area contributed by atoms with Gasteiger partial charge in [-0.25, -0.2) is 4.79 Å². The third-order valence-electron chi connectivity index (χ3n) is 3.99. The van der Waals surface area contributed by atoms with Gasteiger partial charge in [-0.05, 0) is 18.8 Å². The van der Waals surface area contributed by atoms with Gasteiger partial charge in [0.1, 0.15) is 6.04 Å². The molecule has 3 amide bonds. The minimum atomic E-state index is -0.638. The van der Waals surface area contributed by atoms with E-state index in [1.165, 1.54) is 25.7 Å². The fourth-order valence-corrected chi connectivity index (χ4v) is 2.57. The van der Waals surface area contributed by atoms with Gasteiger partial charge in [0.25, 0.3) is 0 Å². The van der Waals surface area contributed by atoms with Crippen molar-refractivity contribution in [3.8, 4) is 0 Å². The van der Waals surface area contributed by atoms with Crippen molar-refractivity contribution in [1.82, 2.24) is 10.6 Å². The molecule has 0 saturated heterocycles. The summed E-state index contributed by atoms with van der Waals surface area (Å²) in [6, 6.07) is -0.914. The molecule has 1 aliphatic rings. The number of nitrogens with one attached hydrogen (secondary N) is 2.